The molecule has 0 bridgehead atoms. The highest BCUT2D eigenvalue weighted by Gasteiger charge is 2.40. The van der Waals surface area contributed by atoms with Crippen molar-refractivity contribution >= 4 is 18.3 Å². The number of benzene rings is 1. The predicted molar refractivity (Wildman–Crippen MR) is 83.1 cm³/mol. The van der Waals surface area contributed by atoms with Crippen LogP contribution in [0.1, 0.15) is 18.9 Å². The van der Waals surface area contributed by atoms with E-state index in [4.69, 9.17) is 9.47 Å². The number of methoxy groups -OCH3 is 1. The van der Waals surface area contributed by atoms with Crippen molar-refractivity contribution in [2.45, 2.75) is 19.1 Å². The third-order valence-electron chi connectivity index (χ3n) is 3.66. The van der Waals surface area contributed by atoms with Crippen molar-refractivity contribution in [3.63, 3.8) is 0 Å². The summed E-state index contributed by atoms with van der Waals surface area (Å²) in [5.41, 5.74) is -0.0581. The van der Waals surface area contributed by atoms with E-state index in [-0.39, 0.29) is 11.7 Å². The summed E-state index contributed by atoms with van der Waals surface area (Å²) in [6.07, 6.45) is 6.51. The van der Waals surface area contributed by atoms with Gasteiger partial charge >= 0.3 is 0 Å². The van der Waals surface area contributed by atoms with E-state index in [0.29, 0.717) is 12.7 Å². The van der Waals surface area contributed by atoms with Gasteiger partial charge in [-0.3, -0.25) is 9.59 Å². The SMILES string of the molecule is COc1ccc(/C=C(\C=O)OC2(N(C)C(C)=O)C=CC2)cc1. The van der Waals surface area contributed by atoms with E-state index in [1.54, 1.807) is 38.4 Å². The number of carbonyl (C=O) groups excluding carboxylic acids is 2. The van der Waals surface area contributed by atoms with Crippen LogP contribution in [0.2, 0.25) is 0 Å². The molecule has 5 heteroatoms. The van der Waals surface area contributed by atoms with E-state index in [9.17, 15) is 9.59 Å². The number of rotatable bonds is 6. The van der Waals surface area contributed by atoms with E-state index in [2.05, 4.69) is 0 Å². The maximum Gasteiger partial charge on any atom is 0.222 e. The smallest absolute Gasteiger partial charge is 0.222 e. The monoisotopic (exact) mass is 301 g/mol. The van der Waals surface area contributed by atoms with E-state index >= 15 is 0 Å². The van der Waals surface area contributed by atoms with Crippen LogP contribution in [0, 0.1) is 0 Å². The maximum absolute atomic E-state index is 11.6. The average molecular weight is 301 g/mol. The molecule has 1 unspecified atom stereocenters. The molecule has 0 aromatic heterocycles. The highest BCUT2D eigenvalue weighted by Crippen LogP contribution is 2.33. The van der Waals surface area contributed by atoms with Gasteiger partial charge in [-0.15, -0.1) is 0 Å². The second-order valence-electron chi connectivity index (χ2n) is 5.07. The highest BCUT2D eigenvalue weighted by molar-refractivity contribution is 5.80. The lowest BCUT2D eigenvalue weighted by molar-refractivity contribution is -0.151. The van der Waals surface area contributed by atoms with Crippen molar-refractivity contribution in [1.29, 1.82) is 0 Å². The van der Waals surface area contributed by atoms with Gasteiger partial charge in [0.2, 0.25) is 11.6 Å². The van der Waals surface area contributed by atoms with E-state index in [1.165, 1.54) is 11.8 Å². The van der Waals surface area contributed by atoms with Crippen molar-refractivity contribution in [3.8, 4) is 5.75 Å². The van der Waals surface area contributed by atoms with Gasteiger partial charge in [0.25, 0.3) is 0 Å². The Kier molecular flexibility index (Phi) is 4.65. The summed E-state index contributed by atoms with van der Waals surface area (Å²) < 4.78 is 10.9. The molecule has 0 radical (unpaired) electrons. The van der Waals surface area contributed by atoms with Crippen LogP contribution in [0.3, 0.4) is 0 Å². The van der Waals surface area contributed by atoms with Crippen LogP contribution >= 0.6 is 0 Å². The lowest BCUT2D eigenvalue weighted by atomic mass is 9.96. The number of aldehydes is 1. The minimum absolute atomic E-state index is 0.126. The van der Waals surface area contributed by atoms with Gasteiger partial charge in [0.1, 0.15) is 5.75 Å². The molecule has 1 aromatic carbocycles. The number of ether oxygens (including phenoxy) is 2. The molecule has 1 atom stereocenters. The molecule has 1 aliphatic carbocycles. The zero-order valence-corrected chi connectivity index (χ0v) is 12.9. The average Bonchev–Trinajstić information content (AvgIpc) is 2.49. The van der Waals surface area contributed by atoms with Crippen LogP contribution in [0.4, 0.5) is 0 Å². The Hall–Kier alpha value is -2.56. The zero-order chi connectivity index (χ0) is 16.2. The van der Waals surface area contributed by atoms with Crippen LogP contribution in [0.15, 0.2) is 42.2 Å². The molecule has 116 valence electrons. The van der Waals surface area contributed by atoms with Crippen LogP contribution in [0.25, 0.3) is 6.08 Å². The lowest BCUT2D eigenvalue weighted by Gasteiger charge is -2.42. The predicted octanol–water partition coefficient (Wildman–Crippen LogP) is 2.39. The van der Waals surface area contributed by atoms with Gasteiger partial charge in [-0.1, -0.05) is 18.2 Å². The second kappa shape index (κ2) is 6.47. The molecule has 0 saturated carbocycles. The third-order valence-corrected chi connectivity index (χ3v) is 3.66. The van der Waals surface area contributed by atoms with Crippen molar-refractivity contribution < 1.29 is 19.1 Å². The Labute approximate surface area is 129 Å². The number of likely N-dealkylation sites (N-methyl/N-ethyl adjacent to an activating group) is 1. The third kappa shape index (κ3) is 3.19. The van der Waals surface area contributed by atoms with Gasteiger partial charge in [-0.25, -0.2) is 0 Å². The fraction of sp³-hybridized carbons (Fsp3) is 0.294. The van der Waals surface area contributed by atoms with E-state index in [1.807, 2.05) is 18.2 Å². The zero-order valence-electron chi connectivity index (χ0n) is 12.9. The standard InChI is InChI=1S/C17H19NO4/c1-13(20)18(2)17(9-4-10-17)22-16(12-19)11-14-5-7-15(21-3)8-6-14/h4-9,11-12H,10H2,1-3H3/b16-11+. The number of carbonyl (C=O) groups is 2. The Balaban J connectivity index is 2.20. The van der Waals surface area contributed by atoms with Crippen LogP contribution < -0.4 is 4.74 Å². The minimum Gasteiger partial charge on any atom is -0.497 e. The Bertz CT molecular complexity index is 618. The number of amides is 1. The van der Waals surface area contributed by atoms with Crippen molar-refractivity contribution in [1.82, 2.24) is 4.90 Å². The number of hydrogen-bond acceptors (Lipinski definition) is 4. The molecule has 1 aliphatic rings. The first kappa shape index (κ1) is 15.8. The normalized spacial score (nSPS) is 20.0. The molecule has 5 nitrogen and oxygen atoms in total. The summed E-state index contributed by atoms with van der Waals surface area (Å²) >= 11 is 0. The van der Waals surface area contributed by atoms with Gasteiger partial charge in [0.15, 0.2) is 12.0 Å². The number of nitrogens with zero attached hydrogens (tertiary/aromatic N) is 1. The largest absolute Gasteiger partial charge is 0.497 e. The van der Waals surface area contributed by atoms with Crippen LogP contribution in [0.5, 0.6) is 5.75 Å². The molecular weight excluding hydrogens is 282 g/mol. The Morgan fingerprint density at radius 1 is 1.32 bits per heavy atom. The van der Waals surface area contributed by atoms with E-state index in [0.717, 1.165) is 11.3 Å². The molecule has 2 rings (SSSR count). The lowest BCUT2D eigenvalue weighted by Crippen LogP contribution is -2.52. The molecule has 0 aliphatic heterocycles. The molecular formula is C17H19NO4. The van der Waals surface area contributed by atoms with Gasteiger partial charge in [0.05, 0.1) is 7.11 Å². The first-order valence-electron chi connectivity index (χ1n) is 6.93. The Morgan fingerprint density at radius 3 is 2.36 bits per heavy atom. The van der Waals surface area contributed by atoms with Gasteiger partial charge in [-0.05, 0) is 29.8 Å². The number of allylic oxidation sites excluding steroid dienone is 1. The molecule has 1 amide bonds. The molecule has 0 heterocycles. The molecule has 0 N–H and O–H groups in total. The summed E-state index contributed by atoms with van der Waals surface area (Å²) in [6.45, 7) is 1.46. The fourth-order valence-corrected chi connectivity index (χ4v) is 2.13. The molecule has 0 saturated heterocycles. The quantitative estimate of drug-likeness (QED) is 0.266. The van der Waals surface area contributed by atoms with Gasteiger partial charge in [0, 0.05) is 20.4 Å². The fourth-order valence-electron chi connectivity index (χ4n) is 2.13. The van der Waals surface area contributed by atoms with E-state index < -0.39 is 5.72 Å². The summed E-state index contributed by atoms with van der Waals surface area (Å²) in [7, 11) is 3.25. The summed E-state index contributed by atoms with van der Waals surface area (Å²) in [6, 6.07) is 7.25. The summed E-state index contributed by atoms with van der Waals surface area (Å²) in [5, 5.41) is 0. The first-order chi connectivity index (χ1) is 10.5. The maximum atomic E-state index is 11.6. The van der Waals surface area contributed by atoms with Crippen molar-refractivity contribution in [3.05, 3.63) is 47.7 Å². The van der Waals surface area contributed by atoms with Crippen LogP contribution in [-0.2, 0) is 14.3 Å². The molecule has 0 spiro atoms. The number of hydrogen-bond donors (Lipinski definition) is 0. The van der Waals surface area contributed by atoms with Crippen molar-refractivity contribution in [2.24, 2.45) is 0 Å². The Morgan fingerprint density at radius 2 is 1.95 bits per heavy atom. The van der Waals surface area contributed by atoms with Crippen molar-refractivity contribution in [2.75, 3.05) is 14.2 Å². The summed E-state index contributed by atoms with van der Waals surface area (Å²) in [5.74, 6) is 0.780. The molecule has 1 aromatic rings. The molecule has 22 heavy (non-hydrogen) atoms. The highest BCUT2D eigenvalue weighted by atomic mass is 16.5. The van der Waals surface area contributed by atoms with Gasteiger partial charge in [-0.2, -0.15) is 0 Å². The molecule has 0 fully saturated rings. The first-order valence-corrected chi connectivity index (χ1v) is 6.93. The minimum atomic E-state index is -0.870. The summed E-state index contributed by atoms with van der Waals surface area (Å²) in [4.78, 5) is 24.4. The topological polar surface area (TPSA) is 55.8 Å². The van der Waals surface area contributed by atoms with Gasteiger partial charge < -0.3 is 14.4 Å². The second-order valence-corrected chi connectivity index (χ2v) is 5.07. The van der Waals surface area contributed by atoms with Crippen LogP contribution in [-0.4, -0.2) is 37.0 Å².